The zero-order chi connectivity index (χ0) is 28.2. The number of furan rings is 1. The van der Waals surface area contributed by atoms with Crippen LogP contribution in [0.3, 0.4) is 0 Å². The number of quaternary nitrogens is 1. The molecule has 0 spiro atoms. The number of anilines is 1. The fourth-order valence-corrected chi connectivity index (χ4v) is 5.26. The average Bonchev–Trinajstić information content (AvgIpc) is 3.63. The molecule has 1 atom stereocenters. The lowest BCUT2D eigenvalue weighted by Gasteiger charge is -2.15. The van der Waals surface area contributed by atoms with E-state index in [1.54, 1.807) is 28.4 Å². The van der Waals surface area contributed by atoms with Gasteiger partial charge in [-0.05, 0) is 53.5 Å². The molecule has 4 N–H and O–H groups in total. The van der Waals surface area contributed by atoms with Gasteiger partial charge in [0, 0.05) is 21.9 Å². The summed E-state index contributed by atoms with van der Waals surface area (Å²) in [7, 11) is 6.28. The van der Waals surface area contributed by atoms with Crippen LogP contribution in [0.4, 0.5) is 5.69 Å². The molecule has 214 valence electrons. The van der Waals surface area contributed by atoms with Crippen LogP contribution >= 0.6 is 11.5 Å². The van der Waals surface area contributed by atoms with Crippen molar-refractivity contribution in [1.82, 2.24) is 4.37 Å². The molecule has 0 radical (unpaired) electrons. The first-order chi connectivity index (χ1) is 19.4. The molecule has 0 aliphatic rings. The van der Waals surface area contributed by atoms with Crippen molar-refractivity contribution in [1.29, 1.82) is 0 Å². The third kappa shape index (κ3) is 6.09. The van der Waals surface area contributed by atoms with Gasteiger partial charge in [-0.25, -0.2) is 0 Å². The number of carbonyl (C=O) groups excluding carboxylic acids is 1. The summed E-state index contributed by atoms with van der Waals surface area (Å²) < 4.78 is 32.6. The molecule has 0 aliphatic carbocycles. The number of para-hydroxylation sites is 1. The lowest BCUT2D eigenvalue weighted by atomic mass is 10.0. The molecular weight excluding hydrogens is 566 g/mol. The molecule has 3 aromatic carbocycles. The minimum Gasteiger partial charge on any atom is -1.00 e. The van der Waals surface area contributed by atoms with Gasteiger partial charge in [0.25, 0.3) is 5.91 Å². The highest BCUT2D eigenvalue weighted by Gasteiger charge is 2.23. The van der Waals surface area contributed by atoms with Gasteiger partial charge >= 0.3 is 0 Å². The van der Waals surface area contributed by atoms with Gasteiger partial charge in [-0.2, -0.15) is 4.37 Å². The van der Waals surface area contributed by atoms with Crippen molar-refractivity contribution in [2.24, 2.45) is 0 Å². The summed E-state index contributed by atoms with van der Waals surface area (Å²) in [5, 5.41) is 5.94. The van der Waals surface area contributed by atoms with Crippen LogP contribution in [0, 0.1) is 0 Å². The molecule has 2 aromatic heterocycles. The first kappa shape index (κ1) is 29.7. The molecule has 41 heavy (non-hydrogen) atoms. The third-order valence-electron chi connectivity index (χ3n) is 6.57. The molecule has 0 bridgehead atoms. The SMILES string of the molecule is COc1ccc(-c2csnc2-c2cc(OC)c(OC)c(OC)c2)cc1NC(=O)[C@@H]([NH3+])Cc1cc2ccccc2o1.[Cl-]. The Morgan fingerprint density at radius 3 is 2.29 bits per heavy atom. The van der Waals surface area contributed by atoms with E-state index in [4.69, 9.17) is 23.4 Å². The Morgan fingerprint density at radius 2 is 1.63 bits per heavy atom. The van der Waals surface area contributed by atoms with Crippen molar-refractivity contribution in [2.45, 2.75) is 12.5 Å². The summed E-state index contributed by atoms with van der Waals surface area (Å²) in [5.41, 5.74) is 8.67. The van der Waals surface area contributed by atoms with Crippen LogP contribution in [0.5, 0.6) is 23.0 Å². The fraction of sp³-hybridized carbons (Fsp3) is 0.200. The van der Waals surface area contributed by atoms with Crippen LogP contribution in [-0.2, 0) is 11.2 Å². The van der Waals surface area contributed by atoms with E-state index in [1.165, 1.54) is 11.5 Å². The van der Waals surface area contributed by atoms with Crippen molar-refractivity contribution in [3.8, 4) is 45.4 Å². The molecular formula is C30H30ClN3O6S. The molecule has 0 unspecified atom stereocenters. The van der Waals surface area contributed by atoms with Gasteiger partial charge in [0.2, 0.25) is 5.75 Å². The highest BCUT2D eigenvalue weighted by molar-refractivity contribution is 7.04. The number of nitrogens with one attached hydrogen (secondary N) is 1. The zero-order valence-electron chi connectivity index (χ0n) is 23.0. The van der Waals surface area contributed by atoms with Crippen LogP contribution in [0.1, 0.15) is 5.76 Å². The maximum atomic E-state index is 13.2. The van der Waals surface area contributed by atoms with Gasteiger partial charge in [0.15, 0.2) is 17.5 Å². The van der Waals surface area contributed by atoms with E-state index < -0.39 is 6.04 Å². The number of benzene rings is 3. The van der Waals surface area contributed by atoms with Gasteiger partial charge in [-0.1, -0.05) is 24.3 Å². The van der Waals surface area contributed by atoms with Crippen molar-refractivity contribution in [2.75, 3.05) is 33.8 Å². The Hall–Kier alpha value is -4.25. The summed E-state index contributed by atoms with van der Waals surface area (Å²) in [4.78, 5) is 13.2. The molecule has 0 saturated heterocycles. The summed E-state index contributed by atoms with van der Waals surface area (Å²) in [6.45, 7) is 0. The minimum atomic E-state index is -0.577. The van der Waals surface area contributed by atoms with Crippen LogP contribution < -0.4 is 42.4 Å². The van der Waals surface area contributed by atoms with Crippen LogP contribution in [0.15, 0.2) is 70.5 Å². The Bertz CT molecular complexity index is 1610. The number of fused-ring (bicyclic) bond motifs is 1. The standard InChI is InChI=1S/C30H29N3O6S.ClH/c1-35-25-10-9-17(21-16-40-33-28(21)19-13-26(36-2)29(38-4)27(14-19)37-3)12-23(25)32-30(34)22(31)15-20-11-18-7-5-6-8-24(18)39-20;/h5-14,16,22H,15,31H2,1-4H3,(H,32,34);1H/t22-;/m0./s1. The van der Waals surface area contributed by atoms with Gasteiger partial charge < -0.3 is 46.8 Å². The number of hydrogen-bond acceptors (Lipinski definition) is 8. The predicted octanol–water partition coefficient (Wildman–Crippen LogP) is 2.05. The van der Waals surface area contributed by atoms with E-state index in [9.17, 15) is 4.79 Å². The Morgan fingerprint density at radius 1 is 0.927 bits per heavy atom. The van der Waals surface area contributed by atoms with Gasteiger partial charge in [-0.3, -0.25) is 4.79 Å². The Labute approximate surface area is 247 Å². The van der Waals surface area contributed by atoms with Gasteiger partial charge in [0.05, 0.1) is 46.2 Å². The topological polar surface area (TPSA) is 120 Å². The Balaban J connectivity index is 0.00000387. The van der Waals surface area contributed by atoms with E-state index in [0.717, 1.165) is 33.4 Å². The maximum Gasteiger partial charge on any atom is 0.283 e. The second-order valence-corrected chi connectivity index (χ2v) is 9.68. The van der Waals surface area contributed by atoms with Crippen LogP contribution in [-0.4, -0.2) is 44.8 Å². The van der Waals surface area contributed by atoms with E-state index in [2.05, 4.69) is 15.4 Å². The highest BCUT2D eigenvalue weighted by atomic mass is 35.5. The molecule has 0 saturated carbocycles. The molecule has 5 aromatic rings. The average molecular weight is 596 g/mol. The number of methoxy groups -OCH3 is 4. The second kappa shape index (κ2) is 12.9. The lowest BCUT2D eigenvalue weighted by Crippen LogP contribution is -3.00. The molecule has 1 amide bonds. The van der Waals surface area contributed by atoms with Crippen molar-refractivity contribution < 1.29 is 46.3 Å². The summed E-state index contributed by atoms with van der Waals surface area (Å²) >= 11 is 1.33. The van der Waals surface area contributed by atoms with Gasteiger partial charge in [0.1, 0.15) is 17.1 Å². The number of halogens is 1. The molecule has 9 nitrogen and oxygen atoms in total. The van der Waals surface area contributed by atoms with E-state index in [-0.39, 0.29) is 18.3 Å². The first-order valence-electron chi connectivity index (χ1n) is 12.5. The second-order valence-electron chi connectivity index (χ2n) is 9.05. The fourth-order valence-electron chi connectivity index (χ4n) is 4.55. The summed E-state index contributed by atoms with van der Waals surface area (Å²) in [6.07, 6.45) is 0.363. The number of rotatable bonds is 10. The zero-order valence-corrected chi connectivity index (χ0v) is 24.6. The number of carbonyl (C=O) groups is 1. The van der Waals surface area contributed by atoms with Crippen molar-refractivity contribution >= 4 is 34.1 Å². The van der Waals surface area contributed by atoms with E-state index in [0.29, 0.717) is 40.9 Å². The lowest BCUT2D eigenvalue weighted by molar-refractivity contribution is -0.402. The monoisotopic (exact) mass is 595 g/mol. The van der Waals surface area contributed by atoms with E-state index >= 15 is 0 Å². The van der Waals surface area contributed by atoms with Crippen LogP contribution in [0.25, 0.3) is 33.4 Å². The number of ether oxygens (including phenoxy) is 4. The van der Waals surface area contributed by atoms with Crippen molar-refractivity contribution in [3.63, 3.8) is 0 Å². The van der Waals surface area contributed by atoms with Crippen LogP contribution in [0.2, 0.25) is 0 Å². The molecule has 0 aliphatic heterocycles. The molecule has 5 rings (SSSR count). The number of amides is 1. The quantitative estimate of drug-likeness (QED) is 0.254. The summed E-state index contributed by atoms with van der Waals surface area (Å²) in [6, 6.07) is 18.4. The normalized spacial score (nSPS) is 11.4. The van der Waals surface area contributed by atoms with E-state index in [1.807, 2.05) is 66.0 Å². The minimum absolute atomic E-state index is 0. The molecule has 2 heterocycles. The third-order valence-corrected chi connectivity index (χ3v) is 7.20. The summed E-state index contributed by atoms with van der Waals surface area (Å²) in [5.74, 6) is 2.56. The highest BCUT2D eigenvalue weighted by Crippen LogP contribution is 2.44. The number of aromatic nitrogens is 1. The molecule has 0 fully saturated rings. The first-order valence-corrected chi connectivity index (χ1v) is 13.3. The number of hydrogen-bond donors (Lipinski definition) is 2. The largest absolute Gasteiger partial charge is 1.00 e. The van der Waals surface area contributed by atoms with Gasteiger partial charge in [-0.15, -0.1) is 0 Å². The maximum absolute atomic E-state index is 13.2. The Kier molecular flexibility index (Phi) is 9.38. The molecule has 11 heteroatoms. The smallest absolute Gasteiger partial charge is 0.283 e. The predicted molar refractivity (Wildman–Crippen MR) is 154 cm³/mol. The van der Waals surface area contributed by atoms with Crippen molar-refractivity contribution in [3.05, 3.63) is 71.8 Å². The number of nitrogens with zero attached hydrogens (tertiary/aromatic N) is 1.